The minimum absolute atomic E-state index is 0.184. The average Bonchev–Trinajstić information content (AvgIpc) is 2.69. The van der Waals surface area contributed by atoms with Crippen molar-refractivity contribution >= 4 is 11.8 Å². The summed E-state index contributed by atoms with van der Waals surface area (Å²) in [5.74, 6) is 0. The standard InChI is InChI=1S/C12H21N5OS/c1-5-14-12(4,8-13)7-9(3)19-11-16-15-10(18)17(11)6-2/h9,14H,5-7H2,1-4H3,(H,15,18). The average molecular weight is 283 g/mol. The Balaban J connectivity index is 2.72. The number of aromatic nitrogens is 3. The minimum atomic E-state index is -0.547. The molecule has 0 saturated carbocycles. The largest absolute Gasteiger partial charge is 0.343 e. The zero-order valence-corrected chi connectivity index (χ0v) is 12.7. The van der Waals surface area contributed by atoms with Gasteiger partial charge in [-0.15, -0.1) is 5.10 Å². The van der Waals surface area contributed by atoms with E-state index in [0.717, 1.165) is 6.54 Å². The van der Waals surface area contributed by atoms with E-state index in [1.807, 2.05) is 27.7 Å². The van der Waals surface area contributed by atoms with Gasteiger partial charge in [0.1, 0.15) is 5.54 Å². The summed E-state index contributed by atoms with van der Waals surface area (Å²) in [4.78, 5) is 11.5. The Hall–Kier alpha value is -1.26. The molecule has 2 unspecified atom stereocenters. The van der Waals surface area contributed by atoms with Crippen LogP contribution in [0, 0.1) is 11.3 Å². The van der Waals surface area contributed by atoms with Gasteiger partial charge in [-0.1, -0.05) is 25.6 Å². The summed E-state index contributed by atoms with van der Waals surface area (Å²) < 4.78 is 1.60. The van der Waals surface area contributed by atoms with Crippen LogP contribution in [0.4, 0.5) is 0 Å². The Morgan fingerprint density at radius 1 is 1.63 bits per heavy atom. The van der Waals surface area contributed by atoms with Gasteiger partial charge in [0.25, 0.3) is 0 Å². The number of hydrogen-bond acceptors (Lipinski definition) is 5. The molecule has 106 valence electrons. The van der Waals surface area contributed by atoms with E-state index in [1.165, 1.54) is 11.8 Å². The maximum absolute atomic E-state index is 11.5. The highest BCUT2D eigenvalue weighted by atomic mass is 32.2. The van der Waals surface area contributed by atoms with Gasteiger partial charge in [-0.3, -0.25) is 9.88 Å². The number of hydrogen-bond donors (Lipinski definition) is 2. The van der Waals surface area contributed by atoms with Gasteiger partial charge in [0.2, 0.25) is 0 Å². The summed E-state index contributed by atoms with van der Waals surface area (Å²) in [5, 5.41) is 19.8. The summed E-state index contributed by atoms with van der Waals surface area (Å²) in [6, 6.07) is 2.31. The highest BCUT2D eigenvalue weighted by Gasteiger charge is 2.26. The van der Waals surface area contributed by atoms with Crippen molar-refractivity contribution in [2.45, 2.75) is 56.6 Å². The number of aromatic amines is 1. The van der Waals surface area contributed by atoms with Crippen LogP contribution in [0.2, 0.25) is 0 Å². The van der Waals surface area contributed by atoms with Gasteiger partial charge >= 0.3 is 5.69 Å². The van der Waals surface area contributed by atoms with Crippen LogP contribution in [0.25, 0.3) is 0 Å². The fraction of sp³-hybridized carbons (Fsp3) is 0.750. The van der Waals surface area contributed by atoms with Gasteiger partial charge in [0.05, 0.1) is 6.07 Å². The number of nitrogens with zero attached hydrogens (tertiary/aromatic N) is 3. The molecule has 1 aromatic rings. The quantitative estimate of drug-likeness (QED) is 0.738. The summed E-state index contributed by atoms with van der Waals surface area (Å²) in [6.07, 6.45) is 0.687. The third-order valence-electron chi connectivity index (χ3n) is 2.86. The molecule has 0 aliphatic heterocycles. The molecule has 1 rings (SSSR count). The molecule has 0 bridgehead atoms. The molecule has 0 radical (unpaired) electrons. The molecule has 0 aromatic carbocycles. The van der Waals surface area contributed by atoms with E-state index in [0.29, 0.717) is 18.1 Å². The molecule has 19 heavy (non-hydrogen) atoms. The molecule has 0 amide bonds. The fourth-order valence-corrected chi connectivity index (χ4v) is 3.23. The lowest BCUT2D eigenvalue weighted by atomic mass is 9.98. The Labute approximate surface area is 117 Å². The second-order valence-electron chi connectivity index (χ2n) is 4.66. The van der Waals surface area contributed by atoms with Crippen LogP contribution in [0.3, 0.4) is 0 Å². The first kappa shape index (κ1) is 15.8. The first-order valence-corrected chi connectivity index (χ1v) is 7.31. The monoisotopic (exact) mass is 283 g/mol. The number of thioether (sulfide) groups is 1. The number of nitriles is 1. The summed E-state index contributed by atoms with van der Waals surface area (Å²) in [6.45, 7) is 9.16. The molecule has 0 fully saturated rings. The third kappa shape index (κ3) is 4.11. The molecule has 1 aromatic heterocycles. The highest BCUT2D eigenvalue weighted by Crippen LogP contribution is 2.26. The number of nitrogens with one attached hydrogen (secondary N) is 2. The van der Waals surface area contributed by atoms with Crippen molar-refractivity contribution in [3.8, 4) is 6.07 Å². The summed E-state index contributed by atoms with van der Waals surface area (Å²) in [7, 11) is 0. The van der Waals surface area contributed by atoms with Crippen molar-refractivity contribution in [1.29, 1.82) is 5.26 Å². The lowest BCUT2D eigenvalue weighted by Gasteiger charge is -2.25. The van der Waals surface area contributed by atoms with Crippen LogP contribution < -0.4 is 11.0 Å². The summed E-state index contributed by atoms with van der Waals surface area (Å²) >= 11 is 1.51. The molecule has 0 aliphatic rings. The molecular formula is C12H21N5OS. The molecule has 0 spiro atoms. The highest BCUT2D eigenvalue weighted by molar-refractivity contribution is 7.99. The number of H-pyrrole nitrogens is 1. The van der Waals surface area contributed by atoms with Crippen molar-refractivity contribution in [3.63, 3.8) is 0 Å². The SMILES string of the molecule is CCNC(C)(C#N)CC(C)Sc1n[nH]c(=O)n1CC. The lowest BCUT2D eigenvalue weighted by molar-refractivity contribution is 0.429. The van der Waals surface area contributed by atoms with Crippen LogP contribution in [-0.4, -0.2) is 32.1 Å². The second kappa shape index (κ2) is 6.78. The Bertz CT molecular complexity index is 503. The molecule has 0 aliphatic carbocycles. The first-order chi connectivity index (χ1) is 8.95. The zero-order valence-electron chi connectivity index (χ0n) is 11.9. The van der Waals surface area contributed by atoms with E-state index < -0.39 is 5.54 Å². The predicted molar refractivity (Wildman–Crippen MR) is 76.2 cm³/mol. The van der Waals surface area contributed by atoms with Crippen molar-refractivity contribution in [1.82, 2.24) is 20.1 Å². The summed E-state index contributed by atoms with van der Waals surface area (Å²) in [5.41, 5.74) is -0.735. The van der Waals surface area contributed by atoms with Gasteiger partial charge in [-0.25, -0.2) is 9.89 Å². The van der Waals surface area contributed by atoms with Gasteiger partial charge in [0, 0.05) is 11.8 Å². The maximum Gasteiger partial charge on any atom is 0.343 e. The minimum Gasteiger partial charge on any atom is -0.300 e. The van der Waals surface area contributed by atoms with Crippen molar-refractivity contribution in [2.24, 2.45) is 0 Å². The second-order valence-corrected chi connectivity index (χ2v) is 6.07. The van der Waals surface area contributed by atoms with Crippen LogP contribution in [-0.2, 0) is 6.54 Å². The predicted octanol–water partition coefficient (Wildman–Crippen LogP) is 1.35. The van der Waals surface area contributed by atoms with E-state index in [1.54, 1.807) is 4.57 Å². The fourth-order valence-electron chi connectivity index (χ4n) is 2.02. The van der Waals surface area contributed by atoms with Gasteiger partial charge < -0.3 is 0 Å². The number of rotatable bonds is 7. The van der Waals surface area contributed by atoms with Crippen molar-refractivity contribution in [3.05, 3.63) is 10.5 Å². The van der Waals surface area contributed by atoms with Crippen LogP contribution in [0.1, 0.15) is 34.1 Å². The normalized spacial score (nSPS) is 15.7. The van der Waals surface area contributed by atoms with E-state index in [-0.39, 0.29) is 10.9 Å². The molecule has 1 heterocycles. The third-order valence-corrected chi connectivity index (χ3v) is 3.95. The molecule has 2 atom stereocenters. The Morgan fingerprint density at radius 2 is 2.32 bits per heavy atom. The van der Waals surface area contributed by atoms with E-state index in [9.17, 15) is 10.1 Å². The van der Waals surface area contributed by atoms with Gasteiger partial charge in [-0.05, 0) is 26.8 Å². The molecule has 6 nitrogen and oxygen atoms in total. The van der Waals surface area contributed by atoms with Gasteiger partial charge in [-0.2, -0.15) is 5.26 Å². The van der Waals surface area contributed by atoms with Crippen molar-refractivity contribution in [2.75, 3.05) is 6.54 Å². The molecule has 7 heteroatoms. The van der Waals surface area contributed by atoms with Crippen LogP contribution >= 0.6 is 11.8 Å². The van der Waals surface area contributed by atoms with Crippen LogP contribution in [0.15, 0.2) is 9.95 Å². The lowest BCUT2D eigenvalue weighted by Crippen LogP contribution is -2.42. The maximum atomic E-state index is 11.5. The van der Waals surface area contributed by atoms with Gasteiger partial charge in [0.15, 0.2) is 5.16 Å². The molecule has 2 N–H and O–H groups in total. The zero-order chi connectivity index (χ0) is 14.5. The van der Waals surface area contributed by atoms with Crippen LogP contribution in [0.5, 0.6) is 0 Å². The topological polar surface area (TPSA) is 86.5 Å². The van der Waals surface area contributed by atoms with E-state index >= 15 is 0 Å². The Kier molecular flexibility index (Phi) is 5.63. The van der Waals surface area contributed by atoms with Crippen molar-refractivity contribution < 1.29 is 0 Å². The first-order valence-electron chi connectivity index (χ1n) is 6.44. The smallest absolute Gasteiger partial charge is 0.300 e. The molecule has 0 saturated heterocycles. The Morgan fingerprint density at radius 3 is 2.84 bits per heavy atom. The molecular weight excluding hydrogens is 262 g/mol. The van der Waals surface area contributed by atoms with E-state index in [4.69, 9.17) is 0 Å². The van der Waals surface area contributed by atoms with E-state index in [2.05, 4.69) is 21.6 Å².